The van der Waals surface area contributed by atoms with E-state index in [2.05, 4.69) is 27.4 Å². The quantitative estimate of drug-likeness (QED) is 0.232. The van der Waals surface area contributed by atoms with Crippen LogP contribution in [0, 0.1) is 0 Å². The first-order chi connectivity index (χ1) is 17.0. The van der Waals surface area contributed by atoms with Crippen LogP contribution >= 0.6 is 23.4 Å². The highest BCUT2D eigenvalue weighted by Gasteiger charge is 2.21. The van der Waals surface area contributed by atoms with E-state index in [1.165, 1.54) is 11.8 Å². The molecular formula is C26H24ClN5O2S. The molecule has 1 atom stereocenters. The Morgan fingerprint density at radius 3 is 2.60 bits per heavy atom. The number of thioether (sulfide) groups is 1. The second-order valence-electron chi connectivity index (χ2n) is 7.81. The Balaban J connectivity index is 1.42. The zero-order chi connectivity index (χ0) is 24.8. The number of nitrogens with one attached hydrogen (secondary N) is 2. The van der Waals surface area contributed by atoms with Gasteiger partial charge in [0.05, 0.1) is 22.4 Å². The van der Waals surface area contributed by atoms with Crippen molar-refractivity contribution in [2.75, 3.05) is 11.1 Å². The molecule has 0 radical (unpaired) electrons. The van der Waals surface area contributed by atoms with Crippen molar-refractivity contribution in [3.8, 4) is 0 Å². The Morgan fingerprint density at radius 1 is 1.09 bits per heavy atom. The molecular weight excluding hydrogens is 482 g/mol. The summed E-state index contributed by atoms with van der Waals surface area (Å²) in [5.41, 5.74) is 1.12. The van der Waals surface area contributed by atoms with Gasteiger partial charge in [0.25, 0.3) is 5.91 Å². The number of hydrogen-bond donors (Lipinski definition) is 2. The topological polar surface area (TPSA) is 88.9 Å². The van der Waals surface area contributed by atoms with Gasteiger partial charge in [-0.2, -0.15) is 0 Å². The highest BCUT2D eigenvalue weighted by atomic mass is 35.5. The van der Waals surface area contributed by atoms with Crippen LogP contribution in [0.5, 0.6) is 0 Å². The van der Waals surface area contributed by atoms with Crippen molar-refractivity contribution in [1.29, 1.82) is 0 Å². The monoisotopic (exact) mass is 505 g/mol. The molecule has 7 nitrogen and oxygen atoms in total. The van der Waals surface area contributed by atoms with Crippen LogP contribution in [0.25, 0.3) is 10.8 Å². The lowest BCUT2D eigenvalue weighted by molar-refractivity contribution is -0.113. The molecule has 4 rings (SSSR count). The predicted octanol–water partition coefficient (Wildman–Crippen LogP) is 5.49. The van der Waals surface area contributed by atoms with Crippen molar-refractivity contribution < 1.29 is 9.59 Å². The van der Waals surface area contributed by atoms with Crippen molar-refractivity contribution in [2.24, 2.45) is 0 Å². The minimum Gasteiger partial charge on any atom is -0.342 e. The van der Waals surface area contributed by atoms with Gasteiger partial charge in [0.1, 0.15) is 0 Å². The van der Waals surface area contributed by atoms with E-state index in [-0.39, 0.29) is 17.6 Å². The molecule has 1 heterocycles. The molecule has 178 valence electrons. The number of carbonyl (C=O) groups excluding carboxylic acids is 2. The Morgan fingerprint density at radius 2 is 1.83 bits per heavy atom. The van der Waals surface area contributed by atoms with Crippen LogP contribution in [0.15, 0.2) is 84.5 Å². The van der Waals surface area contributed by atoms with Crippen LogP contribution in [0.4, 0.5) is 5.69 Å². The first-order valence-electron chi connectivity index (χ1n) is 11.0. The van der Waals surface area contributed by atoms with Gasteiger partial charge >= 0.3 is 0 Å². The Bertz CT molecular complexity index is 1390. The van der Waals surface area contributed by atoms with E-state index in [1.54, 1.807) is 30.3 Å². The van der Waals surface area contributed by atoms with E-state index in [4.69, 9.17) is 11.6 Å². The average molecular weight is 506 g/mol. The number of nitrogens with zero attached hydrogens (tertiary/aromatic N) is 3. The van der Waals surface area contributed by atoms with Crippen LogP contribution in [-0.2, 0) is 11.3 Å². The summed E-state index contributed by atoms with van der Waals surface area (Å²) in [4.78, 5) is 25.3. The molecule has 3 aromatic carbocycles. The van der Waals surface area contributed by atoms with Gasteiger partial charge < -0.3 is 15.2 Å². The number of anilines is 1. The standard InChI is InChI=1S/C26H24ClN5O2S/c1-3-14-32-24(17(2)28-25(34)21-10-6-7-11-22(21)27)30-31-26(32)35-16-23(33)29-20-13-12-18-8-4-5-9-19(18)15-20/h3-13,15,17H,1,14,16H2,2H3,(H,28,34)(H,29,33)/t17-/m0/s1. The number of halogens is 1. The van der Waals surface area contributed by atoms with E-state index < -0.39 is 6.04 Å². The van der Waals surface area contributed by atoms with E-state index in [0.717, 1.165) is 16.5 Å². The second kappa shape index (κ2) is 11.2. The number of amides is 2. The molecule has 0 saturated carbocycles. The number of aromatic nitrogens is 3. The molecule has 1 aromatic heterocycles. The number of allylic oxidation sites excluding steroid dienone is 1. The average Bonchev–Trinajstić information content (AvgIpc) is 3.26. The van der Waals surface area contributed by atoms with E-state index >= 15 is 0 Å². The van der Waals surface area contributed by atoms with Gasteiger partial charge in [-0.3, -0.25) is 9.59 Å². The maximum absolute atomic E-state index is 12.7. The van der Waals surface area contributed by atoms with Crippen molar-refractivity contribution in [1.82, 2.24) is 20.1 Å². The lowest BCUT2D eigenvalue weighted by Crippen LogP contribution is -2.29. The molecule has 0 bridgehead atoms. The van der Waals surface area contributed by atoms with Crippen molar-refractivity contribution in [3.63, 3.8) is 0 Å². The number of benzene rings is 3. The molecule has 0 aliphatic heterocycles. The lowest BCUT2D eigenvalue weighted by Gasteiger charge is -2.15. The van der Waals surface area contributed by atoms with Gasteiger partial charge in [0.2, 0.25) is 5.91 Å². The maximum atomic E-state index is 12.7. The Labute approximate surface area is 212 Å². The van der Waals surface area contributed by atoms with Crippen LogP contribution in [0.1, 0.15) is 29.1 Å². The number of carbonyl (C=O) groups is 2. The molecule has 0 fully saturated rings. The molecule has 2 amide bonds. The summed E-state index contributed by atoms with van der Waals surface area (Å²) < 4.78 is 1.83. The molecule has 0 unspecified atom stereocenters. The van der Waals surface area contributed by atoms with Crippen molar-refractivity contribution in [2.45, 2.75) is 24.7 Å². The third-order valence-corrected chi connectivity index (χ3v) is 6.57. The normalized spacial score (nSPS) is 11.7. The highest BCUT2D eigenvalue weighted by Crippen LogP contribution is 2.23. The minimum atomic E-state index is -0.438. The largest absolute Gasteiger partial charge is 0.342 e. The van der Waals surface area contributed by atoms with Gasteiger partial charge in [-0.25, -0.2) is 0 Å². The van der Waals surface area contributed by atoms with E-state index in [0.29, 0.717) is 28.1 Å². The highest BCUT2D eigenvalue weighted by molar-refractivity contribution is 7.99. The molecule has 0 aliphatic carbocycles. The first-order valence-corrected chi connectivity index (χ1v) is 12.3. The summed E-state index contributed by atoms with van der Waals surface area (Å²) in [6.45, 7) is 6.06. The zero-order valence-corrected chi connectivity index (χ0v) is 20.6. The summed E-state index contributed by atoms with van der Waals surface area (Å²) in [5, 5.41) is 17.4. The number of fused-ring (bicyclic) bond motifs is 1. The van der Waals surface area contributed by atoms with Crippen molar-refractivity contribution >= 4 is 51.6 Å². The summed E-state index contributed by atoms with van der Waals surface area (Å²) in [6.07, 6.45) is 1.72. The third-order valence-electron chi connectivity index (χ3n) is 5.28. The fourth-order valence-corrected chi connectivity index (χ4v) is 4.58. The van der Waals surface area contributed by atoms with Gasteiger partial charge in [-0.15, -0.1) is 16.8 Å². The van der Waals surface area contributed by atoms with Gasteiger partial charge in [-0.1, -0.05) is 71.9 Å². The molecule has 9 heteroatoms. The maximum Gasteiger partial charge on any atom is 0.253 e. The molecule has 0 aliphatic rings. The minimum absolute atomic E-state index is 0.153. The van der Waals surface area contributed by atoms with Crippen molar-refractivity contribution in [3.05, 3.63) is 95.8 Å². The molecule has 2 N–H and O–H groups in total. The van der Waals surface area contributed by atoms with Crippen LogP contribution < -0.4 is 10.6 Å². The fourth-order valence-electron chi connectivity index (χ4n) is 3.61. The summed E-state index contributed by atoms with van der Waals surface area (Å²) in [7, 11) is 0. The third kappa shape index (κ3) is 5.90. The fraction of sp³-hybridized carbons (Fsp3) is 0.154. The Kier molecular flexibility index (Phi) is 7.84. The van der Waals surface area contributed by atoms with E-state index in [9.17, 15) is 9.59 Å². The number of hydrogen-bond acceptors (Lipinski definition) is 5. The molecule has 4 aromatic rings. The molecule has 0 spiro atoms. The summed E-state index contributed by atoms with van der Waals surface area (Å²) in [6, 6.07) is 20.2. The van der Waals surface area contributed by atoms with Gasteiger partial charge in [0, 0.05) is 12.2 Å². The first kappa shape index (κ1) is 24.5. The number of rotatable bonds is 9. The van der Waals surface area contributed by atoms with E-state index in [1.807, 2.05) is 54.0 Å². The summed E-state index contributed by atoms with van der Waals surface area (Å²) in [5.74, 6) is 0.255. The predicted molar refractivity (Wildman–Crippen MR) is 141 cm³/mol. The SMILES string of the molecule is C=CCn1c(SCC(=O)Nc2ccc3ccccc3c2)nnc1[C@H](C)NC(=O)c1ccccc1Cl. The van der Waals surface area contributed by atoms with Gasteiger partial charge in [0.15, 0.2) is 11.0 Å². The lowest BCUT2D eigenvalue weighted by atomic mass is 10.1. The van der Waals surface area contributed by atoms with Crippen LogP contribution in [0.2, 0.25) is 5.02 Å². The van der Waals surface area contributed by atoms with Crippen LogP contribution in [-0.4, -0.2) is 32.3 Å². The Hall–Kier alpha value is -3.62. The zero-order valence-electron chi connectivity index (χ0n) is 19.1. The smallest absolute Gasteiger partial charge is 0.253 e. The summed E-state index contributed by atoms with van der Waals surface area (Å²) >= 11 is 7.41. The molecule has 35 heavy (non-hydrogen) atoms. The van der Waals surface area contributed by atoms with Crippen LogP contribution in [0.3, 0.4) is 0 Å². The molecule has 0 saturated heterocycles. The second-order valence-corrected chi connectivity index (χ2v) is 9.16. The van der Waals surface area contributed by atoms with Gasteiger partial charge in [-0.05, 0) is 42.0 Å².